The van der Waals surface area contributed by atoms with Crippen LogP contribution in [0.15, 0.2) is 77.3 Å². The van der Waals surface area contributed by atoms with E-state index in [2.05, 4.69) is 11.1 Å². The Kier molecular flexibility index (Phi) is 7.65. The van der Waals surface area contributed by atoms with Crippen molar-refractivity contribution in [2.45, 2.75) is 31.9 Å². The molecule has 0 saturated carbocycles. The molecule has 7 nitrogen and oxygen atoms in total. The Morgan fingerprint density at radius 2 is 2.05 bits per heavy atom. The molecule has 0 unspecified atom stereocenters. The monoisotopic (exact) mass is 556 g/mol. The fraction of sp³-hybridized carbons (Fsp3) is 0.344. The predicted molar refractivity (Wildman–Crippen MR) is 153 cm³/mol. The van der Waals surface area contributed by atoms with Gasteiger partial charge >= 0.3 is 0 Å². The van der Waals surface area contributed by atoms with Gasteiger partial charge in [-0.1, -0.05) is 24.3 Å². The highest BCUT2D eigenvalue weighted by Crippen LogP contribution is 2.50. The summed E-state index contributed by atoms with van der Waals surface area (Å²) in [5, 5.41) is 11.9. The number of hydrogen-bond donors (Lipinski definition) is 1. The molecule has 4 atom stereocenters. The van der Waals surface area contributed by atoms with E-state index in [4.69, 9.17) is 9.47 Å². The van der Waals surface area contributed by atoms with Gasteiger partial charge < -0.3 is 14.6 Å². The molecule has 6 rings (SSSR count). The number of pyridine rings is 1. The van der Waals surface area contributed by atoms with Crippen LogP contribution in [-0.4, -0.2) is 53.2 Å². The summed E-state index contributed by atoms with van der Waals surface area (Å²) < 4.78 is 12.0. The molecule has 2 amide bonds. The third-order valence-electron chi connectivity index (χ3n) is 8.19. The lowest BCUT2D eigenvalue weighted by Crippen LogP contribution is -2.35. The van der Waals surface area contributed by atoms with Crippen molar-refractivity contribution in [2.75, 3.05) is 20.3 Å². The highest BCUT2D eigenvalue weighted by atomic mass is 32.1. The maximum absolute atomic E-state index is 13.6. The van der Waals surface area contributed by atoms with E-state index in [0.717, 1.165) is 32.9 Å². The molecular weight excluding hydrogens is 524 g/mol. The lowest BCUT2D eigenvalue weighted by molar-refractivity contribution is -0.140. The molecule has 1 N–H and O–H groups in total. The summed E-state index contributed by atoms with van der Waals surface area (Å²) in [6, 6.07) is 16.9. The number of thiophene rings is 1. The average Bonchev–Trinajstić information content (AvgIpc) is 3.68. The fourth-order valence-electron chi connectivity index (χ4n) is 6.49. The summed E-state index contributed by atoms with van der Waals surface area (Å²) in [6.07, 6.45) is 5.60. The summed E-state index contributed by atoms with van der Waals surface area (Å²) in [7, 11) is 1.67. The van der Waals surface area contributed by atoms with Crippen LogP contribution in [-0.2, 0) is 25.6 Å². The zero-order valence-corrected chi connectivity index (χ0v) is 23.2. The van der Waals surface area contributed by atoms with E-state index in [9.17, 15) is 14.7 Å². The molecule has 3 aliphatic rings. The largest absolute Gasteiger partial charge is 0.508 e. The van der Waals surface area contributed by atoms with Crippen molar-refractivity contribution >= 4 is 34.8 Å². The number of ether oxygens (including phenoxy) is 2. The van der Waals surface area contributed by atoms with Gasteiger partial charge in [-0.2, -0.15) is 0 Å². The molecule has 2 aromatic heterocycles. The molecule has 40 heavy (non-hydrogen) atoms. The minimum Gasteiger partial charge on any atom is -0.508 e. The fourth-order valence-corrected chi connectivity index (χ4v) is 7.18. The topological polar surface area (TPSA) is 89.0 Å². The number of aromatic hydroxyl groups is 1. The quantitative estimate of drug-likeness (QED) is 0.283. The number of amides is 2. The second-order valence-electron chi connectivity index (χ2n) is 10.6. The number of phenolic OH excluding ortho intramolecular Hbond substituents is 1. The van der Waals surface area contributed by atoms with Gasteiger partial charge in [0.2, 0.25) is 11.8 Å². The summed E-state index contributed by atoms with van der Waals surface area (Å²) in [5.41, 5.74) is 5.03. The van der Waals surface area contributed by atoms with Crippen LogP contribution < -0.4 is 0 Å². The molecule has 8 heteroatoms. The summed E-state index contributed by atoms with van der Waals surface area (Å²) in [4.78, 5) is 34.1. The number of carbonyl (C=O) groups is 2. The first-order valence-electron chi connectivity index (χ1n) is 13.6. The van der Waals surface area contributed by atoms with Crippen molar-refractivity contribution in [1.29, 1.82) is 0 Å². The normalized spacial score (nSPS) is 24.5. The lowest BCUT2D eigenvalue weighted by atomic mass is 9.69. The molecule has 2 fully saturated rings. The lowest BCUT2D eigenvalue weighted by Gasteiger charge is -2.31. The number of nitrogens with zero attached hydrogens (tertiary/aromatic N) is 2. The van der Waals surface area contributed by atoms with Gasteiger partial charge in [-0.15, -0.1) is 11.3 Å². The van der Waals surface area contributed by atoms with Crippen molar-refractivity contribution in [3.05, 3.63) is 93.5 Å². The molecule has 0 bridgehead atoms. The van der Waals surface area contributed by atoms with Gasteiger partial charge in [-0.3, -0.25) is 19.5 Å². The van der Waals surface area contributed by atoms with Crippen LogP contribution in [0.3, 0.4) is 0 Å². The highest BCUT2D eigenvalue weighted by Gasteiger charge is 2.56. The molecule has 1 aliphatic carbocycles. The van der Waals surface area contributed by atoms with E-state index in [0.29, 0.717) is 39.0 Å². The van der Waals surface area contributed by atoms with Gasteiger partial charge in [0, 0.05) is 24.1 Å². The SMILES string of the molecule is COCC1=C2[C@@H](CC/C(=C/c3cccc(O)c3)c3ccccn3)OC[C@@H]2[C@@H]2C(=O)N(Cc3cccs3)C(=O)[C@@H]2C1. The number of allylic oxidation sites excluding steroid dienone is 1. The first kappa shape index (κ1) is 26.6. The van der Waals surface area contributed by atoms with Crippen LogP contribution in [0, 0.1) is 17.8 Å². The number of hydrogen-bond acceptors (Lipinski definition) is 7. The Morgan fingerprint density at radius 1 is 1.15 bits per heavy atom. The number of likely N-dealkylation sites (tertiary alicyclic amines) is 1. The smallest absolute Gasteiger partial charge is 0.234 e. The van der Waals surface area contributed by atoms with E-state index in [1.54, 1.807) is 36.8 Å². The number of fused-ring (bicyclic) bond motifs is 3. The van der Waals surface area contributed by atoms with Crippen molar-refractivity contribution in [2.24, 2.45) is 17.8 Å². The van der Waals surface area contributed by atoms with Gasteiger partial charge in [-0.05, 0) is 83.3 Å². The molecular formula is C32H32N2O5S. The molecule has 0 spiro atoms. The number of phenols is 1. The van der Waals surface area contributed by atoms with E-state index in [1.807, 2.05) is 47.8 Å². The van der Waals surface area contributed by atoms with Crippen LogP contribution in [0.4, 0.5) is 0 Å². The van der Waals surface area contributed by atoms with Crippen molar-refractivity contribution in [3.8, 4) is 5.75 Å². The Labute approximate surface area is 237 Å². The van der Waals surface area contributed by atoms with Crippen LogP contribution in [0.25, 0.3) is 11.6 Å². The highest BCUT2D eigenvalue weighted by molar-refractivity contribution is 7.09. The Hall–Kier alpha value is -3.59. The zero-order valence-electron chi connectivity index (χ0n) is 22.4. The summed E-state index contributed by atoms with van der Waals surface area (Å²) >= 11 is 1.56. The van der Waals surface area contributed by atoms with Gasteiger partial charge in [0.05, 0.1) is 43.4 Å². The number of imide groups is 1. The number of methoxy groups -OCH3 is 1. The summed E-state index contributed by atoms with van der Waals surface area (Å²) in [5.74, 6) is -0.802. The van der Waals surface area contributed by atoms with Crippen molar-refractivity contribution < 1.29 is 24.2 Å². The Morgan fingerprint density at radius 3 is 2.80 bits per heavy atom. The Bertz CT molecular complexity index is 1450. The van der Waals surface area contributed by atoms with E-state index in [-0.39, 0.29) is 41.4 Å². The van der Waals surface area contributed by atoms with Crippen LogP contribution in [0.1, 0.15) is 35.4 Å². The molecule has 2 saturated heterocycles. The van der Waals surface area contributed by atoms with E-state index < -0.39 is 0 Å². The molecule has 4 heterocycles. The molecule has 0 radical (unpaired) electrons. The van der Waals surface area contributed by atoms with E-state index in [1.165, 1.54) is 4.90 Å². The second kappa shape index (κ2) is 11.5. The van der Waals surface area contributed by atoms with Crippen LogP contribution in [0.5, 0.6) is 5.75 Å². The Balaban J connectivity index is 1.26. The zero-order chi connectivity index (χ0) is 27.6. The van der Waals surface area contributed by atoms with Gasteiger partial charge in [0.1, 0.15) is 5.75 Å². The first-order valence-corrected chi connectivity index (χ1v) is 14.5. The first-order chi connectivity index (χ1) is 19.5. The summed E-state index contributed by atoms with van der Waals surface area (Å²) in [6.45, 7) is 1.19. The van der Waals surface area contributed by atoms with Gasteiger partial charge in [0.25, 0.3) is 0 Å². The van der Waals surface area contributed by atoms with Gasteiger partial charge in [0.15, 0.2) is 0 Å². The number of aromatic nitrogens is 1. The second-order valence-corrected chi connectivity index (χ2v) is 11.6. The van der Waals surface area contributed by atoms with Crippen molar-refractivity contribution in [1.82, 2.24) is 9.88 Å². The van der Waals surface area contributed by atoms with Crippen LogP contribution in [0.2, 0.25) is 0 Å². The molecule has 1 aromatic carbocycles. The third-order valence-corrected chi connectivity index (χ3v) is 9.05. The standard InChI is InChI=1S/C32H32N2O5S/c1-38-18-22-16-25-30(32(37)34(31(25)36)17-24-8-5-13-40-24)26-19-39-28(29(22)26)11-10-21(27-9-2-3-12-33-27)14-20-6-4-7-23(35)15-20/h2-9,12-15,25-26,28,30,35H,10-11,16-19H2,1H3/b21-14-/t25-,26+,28-,30-/m1/s1. The molecule has 2 aliphatic heterocycles. The van der Waals surface area contributed by atoms with Crippen molar-refractivity contribution in [3.63, 3.8) is 0 Å². The molecule has 206 valence electrons. The minimum absolute atomic E-state index is 0.0778. The van der Waals surface area contributed by atoms with E-state index >= 15 is 0 Å². The third kappa shape index (κ3) is 5.14. The average molecular weight is 557 g/mol. The number of carbonyl (C=O) groups excluding carboxylic acids is 2. The van der Waals surface area contributed by atoms with Gasteiger partial charge in [-0.25, -0.2) is 0 Å². The number of benzene rings is 1. The maximum atomic E-state index is 13.6. The predicted octanol–water partition coefficient (Wildman–Crippen LogP) is 5.33. The molecule has 3 aromatic rings. The maximum Gasteiger partial charge on any atom is 0.234 e. The van der Waals surface area contributed by atoms with Crippen LogP contribution >= 0.6 is 11.3 Å². The number of rotatable bonds is 9. The minimum atomic E-state index is -0.383.